The van der Waals surface area contributed by atoms with Crippen LogP contribution in [0.25, 0.3) is 0 Å². The van der Waals surface area contributed by atoms with Crippen LogP contribution in [0.4, 0.5) is 0 Å². The van der Waals surface area contributed by atoms with E-state index in [1.807, 2.05) is 6.92 Å². The van der Waals surface area contributed by atoms with Crippen molar-refractivity contribution in [2.75, 3.05) is 32.3 Å². The Morgan fingerprint density at radius 3 is 2.47 bits per heavy atom. The van der Waals surface area contributed by atoms with E-state index in [4.69, 9.17) is 9.47 Å². The largest absolute Gasteiger partial charge is 0.493 e. The lowest BCUT2D eigenvalue weighted by atomic mass is 10.3. The molecule has 0 amide bonds. The van der Waals surface area contributed by atoms with Crippen molar-refractivity contribution in [3.8, 4) is 11.5 Å². The van der Waals surface area contributed by atoms with Gasteiger partial charge < -0.3 is 9.47 Å². The molecule has 19 heavy (non-hydrogen) atoms. The molecule has 0 aliphatic rings. The predicted molar refractivity (Wildman–Crippen MR) is 77.7 cm³/mol. The molecule has 1 N–H and O–H groups in total. The molecule has 1 rings (SSSR count). The molecule has 0 heterocycles. The molecule has 1 aromatic carbocycles. The van der Waals surface area contributed by atoms with E-state index >= 15 is 0 Å². The lowest BCUT2D eigenvalue weighted by Crippen LogP contribution is -2.26. The number of methoxy groups -OCH3 is 2. The van der Waals surface area contributed by atoms with Crippen LogP contribution in [0, 0.1) is 0 Å². The van der Waals surface area contributed by atoms with Crippen molar-refractivity contribution >= 4 is 21.8 Å². The number of hydrogen-bond acceptors (Lipinski definition) is 5. The van der Waals surface area contributed by atoms with E-state index in [0.717, 1.165) is 11.5 Å². The summed E-state index contributed by atoms with van der Waals surface area (Å²) < 4.78 is 36.8. The Bertz CT molecular complexity index is 502. The van der Waals surface area contributed by atoms with Gasteiger partial charge in [0.05, 0.1) is 19.1 Å². The van der Waals surface area contributed by atoms with Crippen molar-refractivity contribution in [1.29, 1.82) is 0 Å². The summed E-state index contributed by atoms with van der Waals surface area (Å²) in [6, 6.07) is 4.53. The van der Waals surface area contributed by atoms with Gasteiger partial charge in [0.15, 0.2) is 11.5 Å². The highest BCUT2D eigenvalue weighted by Gasteiger charge is 2.16. The summed E-state index contributed by atoms with van der Waals surface area (Å²) in [5, 5.41) is 0. The van der Waals surface area contributed by atoms with Crippen LogP contribution in [0.1, 0.15) is 6.92 Å². The Morgan fingerprint density at radius 1 is 1.21 bits per heavy atom. The standard InChI is InChI=1S/C12H19NO4S2/c1-4-18-8-7-13-19(14,15)10-5-6-11(16-2)12(9-10)17-3/h5-6,9,13H,4,7-8H2,1-3H3. The minimum absolute atomic E-state index is 0.173. The van der Waals surface area contributed by atoms with Crippen molar-refractivity contribution in [2.45, 2.75) is 11.8 Å². The van der Waals surface area contributed by atoms with Gasteiger partial charge in [0.25, 0.3) is 0 Å². The SMILES string of the molecule is CCSCCNS(=O)(=O)c1ccc(OC)c(OC)c1. The van der Waals surface area contributed by atoms with E-state index in [-0.39, 0.29) is 4.90 Å². The first-order valence-electron chi connectivity index (χ1n) is 5.84. The molecule has 0 spiro atoms. The molecule has 0 saturated heterocycles. The van der Waals surface area contributed by atoms with Gasteiger partial charge in [-0.1, -0.05) is 6.92 Å². The third-order valence-corrected chi connectivity index (χ3v) is 4.77. The van der Waals surface area contributed by atoms with Crippen molar-refractivity contribution in [3.63, 3.8) is 0 Å². The first kappa shape index (κ1) is 16.1. The van der Waals surface area contributed by atoms with Gasteiger partial charge in [-0.05, 0) is 17.9 Å². The van der Waals surface area contributed by atoms with Crippen LogP contribution in [0.5, 0.6) is 11.5 Å². The molecule has 0 aromatic heterocycles. The Morgan fingerprint density at radius 2 is 1.89 bits per heavy atom. The number of rotatable bonds is 8. The topological polar surface area (TPSA) is 64.6 Å². The van der Waals surface area contributed by atoms with Crippen molar-refractivity contribution < 1.29 is 17.9 Å². The lowest BCUT2D eigenvalue weighted by Gasteiger charge is -2.10. The average molecular weight is 305 g/mol. The molecule has 5 nitrogen and oxygen atoms in total. The number of hydrogen-bond donors (Lipinski definition) is 1. The summed E-state index contributed by atoms with van der Waals surface area (Å²) in [4.78, 5) is 0.173. The van der Waals surface area contributed by atoms with Gasteiger partial charge in [0.1, 0.15) is 0 Å². The Balaban J connectivity index is 2.83. The quantitative estimate of drug-likeness (QED) is 0.741. The van der Waals surface area contributed by atoms with E-state index in [1.54, 1.807) is 17.8 Å². The second kappa shape index (κ2) is 7.62. The second-order valence-electron chi connectivity index (χ2n) is 3.61. The second-order valence-corrected chi connectivity index (χ2v) is 6.77. The third kappa shape index (κ3) is 4.59. The fourth-order valence-electron chi connectivity index (χ4n) is 1.46. The maximum absolute atomic E-state index is 12.0. The van der Waals surface area contributed by atoms with Crippen molar-refractivity contribution in [1.82, 2.24) is 4.72 Å². The zero-order valence-electron chi connectivity index (χ0n) is 11.3. The summed E-state index contributed by atoms with van der Waals surface area (Å²) in [5.41, 5.74) is 0. The molecular weight excluding hydrogens is 286 g/mol. The van der Waals surface area contributed by atoms with E-state index < -0.39 is 10.0 Å². The molecule has 7 heteroatoms. The number of thioether (sulfide) groups is 1. The molecule has 0 aliphatic heterocycles. The number of ether oxygens (including phenoxy) is 2. The molecule has 0 aliphatic carbocycles. The molecule has 108 valence electrons. The van der Waals surface area contributed by atoms with Gasteiger partial charge in [-0.15, -0.1) is 0 Å². The third-order valence-electron chi connectivity index (χ3n) is 2.41. The summed E-state index contributed by atoms with van der Waals surface area (Å²) >= 11 is 1.69. The summed E-state index contributed by atoms with van der Waals surface area (Å²) in [5.74, 6) is 2.62. The first-order chi connectivity index (χ1) is 9.05. The minimum Gasteiger partial charge on any atom is -0.493 e. The highest BCUT2D eigenvalue weighted by Crippen LogP contribution is 2.29. The van der Waals surface area contributed by atoms with E-state index in [1.165, 1.54) is 26.4 Å². The Kier molecular flexibility index (Phi) is 6.47. The minimum atomic E-state index is -3.50. The van der Waals surface area contributed by atoms with Crippen LogP contribution in [0.2, 0.25) is 0 Å². The van der Waals surface area contributed by atoms with E-state index in [2.05, 4.69) is 4.72 Å². The molecule has 0 atom stereocenters. The fourth-order valence-corrected chi connectivity index (χ4v) is 3.17. The van der Waals surface area contributed by atoms with Crippen molar-refractivity contribution in [3.05, 3.63) is 18.2 Å². The normalized spacial score (nSPS) is 11.3. The zero-order chi connectivity index (χ0) is 14.3. The summed E-state index contributed by atoms with van der Waals surface area (Å²) in [7, 11) is -0.519. The van der Waals surface area contributed by atoms with Crippen LogP contribution in [-0.2, 0) is 10.0 Å². The van der Waals surface area contributed by atoms with Crippen LogP contribution < -0.4 is 14.2 Å². The molecule has 1 aromatic rings. The highest BCUT2D eigenvalue weighted by molar-refractivity contribution is 7.99. The van der Waals surface area contributed by atoms with E-state index in [9.17, 15) is 8.42 Å². The van der Waals surface area contributed by atoms with Crippen LogP contribution in [-0.4, -0.2) is 40.7 Å². The molecule has 0 fully saturated rings. The van der Waals surface area contributed by atoms with Crippen molar-refractivity contribution in [2.24, 2.45) is 0 Å². The number of nitrogens with one attached hydrogen (secondary N) is 1. The lowest BCUT2D eigenvalue weighted by molar-refractivity contribution is 0.354. The molecule has 0 saturated carbocycles. The first-order valence-corrected chi connectivity index (χ1v) is 8.48. The van der Waals surface area contributed by atoms with Gasteiger partial charge in [-0.25, -0.2) is 13.1 Å². The van der Waals surface area contributed by atoms with Gasteiger partial charge >= 0.3 is 0 Å². The fraction of sp³-hybridized carbons (Fsp3) is 0.500. The Labute approximate surface area is 118 Å². The smallest absolute Gasteiger partial charge is 0.240 e. The molecule has 0 bridgehead atoms. The van der Waals surface area contributed by atoms with Crippen LogP contribution >= 0.6 is 11.8 Å². The molecular formula is C12H19NO4S2. The van der Waals surface area contributed by atoms with E-state index in [0.29, 0.717) is 18.0 Å². The monoisotopic (exact) mass is 305 g/mol. The highest BCUT2D eigenvalue weighted by atomic mass is 32.2. The van der Waals surface area contributed by atoms with Gasteiger partial charge in [-0.3, -0.25) is 0 Å². The summed E-state index contributed by atoms with van der Waals surface area (Å²) in [6.45, 7) is 2.45. The van der Waals surface area contributed by atoms with Crippen LogP contribution in [0.15, 0.2) is 23.1 Å². The summed E-state index contributed by atoms with van der Waals surface area (Å²) in [6.07, 6.45) is 0. The maximum Gasteiger partial charge on any atom is 0.240 e. The zero-order valence-corrected chi connectivity index (χ0v) is 12.9. The average Bonchev–Trinajstić information content (AvgIpc) is 2.42. The Hall–Kier alpha value is -0.920. The maximum atomic E-state index is 12.0. The number of benzene rings is 1. The van der Waals surface area contributed by atoms with Crippen LogP contribution in [0.3, 0.4) is 0 Å². The molecule has 0 unspecified atom stereocenters. The van der Waals surface area contributed by atoms with Gasteiger partial charge in [0.2, 0.25) is 10.0 Å². The predicted octanol–water partition coefficient (Wildman–Crippen LogP) is 1.74. The molecule has 0 radical (unpaired) electrons. The number of sulfonamides is 1. The van der Waals surface area contributed by atoms with Gasteiger partial charge in [0, 0.05) is 18.4 Å². The van der Waals surface area contributed by atoms with Gasteiger partial charge in [-0.2, -0.15) is 11.8 Å².